The Bertz CT molecular complexity index is 683. The predicted molar refractivity (Wildman–Crippen MR) is 67.0 cm³/mol. The molecule has 0 aromatic heterocycles. The second-order valence-electron chi connectivity index (χ2n) is 3.66. The highest BCUT2D eigenvalue weighted by atomic mass is 35.5. The third-order valence-corrected chi connectivity index (χ3v) is 2.62. The highest BCUT2D eigenvalue weighted by Crippen LogP contribution is 2.33. The minimum atomic E-state index is -0.742. The summed E-state index contributed by atoms with van der Waals surface area (Å²) < 4.78 is 32.0. The van der Waals surface area contributed by atoms with Crippen molar-refractivity contribution in [2.24, 2.45) is 0 Å². The zero-order valence-electron chi connectivity index (χ0n) is 9.45. The Morgan fingerprint density at radius 2 is 1.84 bits per heavy atom. The zero-order valence-corrected chi connectivity index (χ0v) is 10.2. The molecule has 2 aromatic rings. The third-order valence-electron chi connectivity index (χ3n) is 2.33. The Balaban J connectivity index is 2.37. The molecule has 0 saturated heterocycles. The van der Waals surface area contributed by atoms with Crippen molar-refractivity contribution in [1.82, 2.24) is 0 Å². The van der Waals surface area contributed by atoms with E-state index in [4.69, 9.17) is 27.3 Å². The molecule has 0 unspecified atom stereocenters. The van der Waals surface area contributed by atoms with Crippen LogP contribution in [0.2, 0.25) is 5.02 Å². The van der Waals surface area contributed by atoms with Crippen LogP contribution in [0, 0.1) is 23.0 Å². The highest BCUT2D eigenvalue weighted by molar-refractivity contribution is 6.31. The van der Waals surface area contributed by atoms with Gasteiger partial charge in [0.05, 0.1) is 22.3 Å². The molecule has 0 radical (unpaired) electrons. The van der Waals surface area contributed by atoms with Crippen LogP contribution in [-0.2, 0) is 0 Å². The molecule has 19 heavy (non-hydrogen) atoms. The van der Waals surface area contributed by atoms with E-state index in [0.29, 0.717) is 0 Å². The van der Waals surface area contributed by atoms with E-state index in [2.05, 4.69) is 0 Å². The molecule has 0 heterocycles. The summed E-state index contributed by atoms with van der Waals surface area (Å²) in [4.78, 5) is 0. The lowest BCUT2D eigenvalue weighted by Crippen LogP contribution is -1.95. The van der Waals surface area contributed by atoms with Gasteiger partial charge < -0.3 is 10.5 Å². The van der Waals surface area contributed by atoms with Gasteiger partial charge in [-0.3, -0.25) is 0 Å². The molecule has 0 fully saturated rings. The normalized spacial score (nSPS) is 10.0. The number of nitrogens with zero attached hydrogens (tertiary/aromatic N) is 1. The summed E-state index contributed by atoms with van der Waals surface area (Å²) >= 11 is 5.54. The third kappa shape index (κ3) is 2.75. The predicted octanol–water partition coefficient (Wildman–Crippen LogP) is 3.86. The van der Waals surface area contributed by atoms with Gasteiger partial charge >= 0.3 is 0 Å². The first-order valence-electron chi connectivity index (χ1n) is 5.13. The molecule has 0 saturated carbocycles. The second kappa shape index (κ2) is 5.12. The molecule has 2 aromatic carbocycles. The molecule has 96 valence electrons. The molecule has 6 heteroatoms. The number of halogens is 3. The maximum absolute atomic E-state index is 13.6. The van der Waals surface area contributed by atoms with Crippen molar-refractivity contribution in [3.8, 4) is 17.6 Å². The molecule has 0 bridgehead atoms. The fraction of sp³-hybridized carbons (Fsp3) is 0. The van der Waals surface area contributed by atoms with Crippen molar-refractivity contribution in [2.75, 3.05) is 5.73 Å². The smallest absolute Gasteiger partial charge is 0.167 e. The molecule has 2 N–H and O–H groups in total. The van der Waals surface area contributed by atoms with Gasteiger partial charge in [-0.05, 0) is 24.3 Å². The summed E-state index contributed by atoms with van der Waals surface area (Å²) in [7, 11) is 0. The Labute approximate surface area is 112 Å². The lowest BCUT2D eigenvalue weighted by atomic mass is 10.2. The van der Waals surface area contributed by atoms with E-state index in [0.717, 1.165) is 12.1 Å². The first kappa shape index (κ1) is 13.1. The van der Waals surface area contributed by atoms with Crippen molar-refractivity contribution in [3.05, 3.63) is 52.6 Å². The molecule has 0 spiro atoms. The van der Waals surface area contributed by atoms with E-state index in [1.165, 1.54) is 18.2 Å². The van der Waals surface area contributed by atoms with E-state index >= 15 is 0 Å². The molecule has 0 aliphatic heterocycles. The summed E-state index contributed by atoms with van der Waals surface area (Å²) in [5.41, 5.74) is 5.83. The number of anilines is 1. The monoisotopic (exact) mass is 280 g/mol. The molecular weight excluding hydrogens is 274 g/mol. The van der Waals surface area contributed by atoms with E-state index in [9.17, 15) is 8.78 Å². The first-order valence-corrected chi connectivity index (χ1v) is 5.51. The minimum Gasteiger partial charge on any atom is -0.452 e. The second-order valence-corrected chi connectivity index (χ2v) is 4.07. The lowest BCUT2D eigenvalue weighted by Gasteiger charge is -2.10. The average molecular weight is 281 g/mol. The number of rotatable bonds is 2. The van der Waals surface area contributed by atoms with E-state index < -0.39 is 11.6 Å². The van der Waals surface area contributed by atoms with Crippen molar-refractivity contribution < 1.29 is 13.5 Å². The number of nitrogen functional groups attached to an aromatic ring is 1. The van der Waals surface area contributed by atoms with Gasteiger partial charge in [0.15, 0.2) is 17.3 Å². The van der Waals surface area contributed by atoms with Gasteiger partial charge in [-0.1, -0.05) is 11.6 Å². The number of ether oxygens (including phenoxy) is 1. The average Bonchev–Trinajstić information content (AvgIpc) is 2.38. The molecule has 0 amide bonds. The molecule has 2 rings (SSSR count). The van der Waals surface area contributed by atoms with Gasteiger partial charge in [-0.2, -0.15) is 5.26 Å². The number of hydrogen-bond donors (Lipinski definition) is 1. The van der Waals surface area contributed by atoms with Crippen molar-refractivity contribution >= 4 is 17.3 Å². The number of nitriles is 1. The van der Waals surface area contributed by atoms with Crippen LogP contribution < -0.4 is 10.5 Å². The quantitative estimate of drug-likeness (QED) is 0.850. The Morgan fingerprint density at radius 1 is 1.11 bits per heavy atom. The Hall–Kier alpha value is -2.32. The van der Waals surface area contributed by atoms with Crippen LogP contribution in [0.4, 0.5) is 14.5 Å². The van der Waals surface area contributed by atoms with Gasteiger partial charge in [0, 0.05) is 6.07 Å². The summed E-state index contributed by atoms with van der Waals surface area (Å²) in [6.45, 7) is 0. The summed E-state index contributed by atoms with van der Waals surface area (Å²) in [6, 6.07) is 7.58. The van der Waals surface area contributed by atoms with Crippen LogP contribution in [0.5, 0.6) is 11.5 Å². The Kier molecular flexibility index (Phi) is 3.54. The molecule has 3 nitrogen and oxygen atoms in total. The van der Waals surface area contributed by atoms with E-state index in [1.807, 2.05) is 0 Å². The molecule has 0 atom stereocenters. The first-order chi connectivity index (χ1) is 9.01. The van der Waals surface area contributed by atoms with Gasteiger partial charge in [0.2, 0.25) is 0 Å². The van der Waals surface area contributed by atoms with Gasteiger partial charge in [-0.15, -0.1) is 0 Å². The van der Waals surface area contributed by atoms with Crippen LogP contribution >= 0.6 is 11.6 Å². The van der Waals surface area contributed by atoms with E-state index in [1.54, 1.807) is 6.07 Å². The van der Waals surface area contributed by atoms with E-state index in [-0.39, 0.29) is 27.8 Å². The van der Waals surface area contributed by atoms with Crippen LogP contribution in [0.3, 0.4) is 0 Å². The summed E-state index contributed by atoms with van der Waals surface area (Å²) in [5.74, 6) is -1.67. The van der Waals surface area contributed by atoms with Crippen LogP contribution in [-0.4, -0.2) is 0 Å². The number of benzene rings is 2. The van der Waals surface area contributed by atoms with Gasteiger partial charge in [-0.25, -0.2) is 8.78 Å². The number of nitrogens with two attached hydrogens (primary N) is 1. The van der Waals surface area contributed by atoms with Crippen LogP contribution in [0.25, 0.3) is 0 Å². The fourth-order valence-electron chi connectivity index (χ4n) is 1.40. The largest absolute Gasteiger partial charge is 0.452 e. The Morgan fingerprint density at radius 3 is 2.47 bits per heavy atom. The minimum absolute atomic E-state index is 0.0505. The summed E-state index contributed by atoms with van der Waals surface area (Å²) in [6.07, 6.45) is 0. The van der Waals surface area contributed by atoms with Crippen molar-refractivity contribution in [2.45, 2.75) is 0 Å². The fourth-order valence-corrected chi connectivity index (χ4v) is 1.58. The topological polar surface area (TPSA) is 59.0 Å². The highest BCUT2D eigenvalue weighted by Gasteiger charge is 2.11. The number of hydrogen-bond acceptors (Lipinski definition) is 3. The molecule has 0 aliphatic carbocycles. The van der Waals surface area contributed by atoms with Crippen LogP contribution in [0.1, 0.15) is 5.56 Å². The maximum atomic E-state index is 13.6. The van der Waals surface area contributed by atoms with Gasteiger partial charge in [0.25, 0.3) is 0 Å². The van der Waals surface area contributed by atoms with Crippen LogP contribution in [0.15, 0.2) is 30.3 Å². The van der Waals surface area contributed by atoms with Crippen molar-refractivity contribution in [1.29, 1.82) is 5.26 Å². The van der Waals surface area contributed by atoms with Gasteiger partial charge in [0.1, 0.15) is 5.82 Å². The SMILES string of the molecule is N#Cc1ccc(Oc2cc(F)c(Cl)cc2N)c(F)c1. The zero-order chi connectivity index (χ0) is 14.0. The molecular formula is C13H7ClF2N2O. The standard InChI is InChI=1S/C13H7ClF2N2O/c14-8-4-11(18)13(5-9(8)15)19-12-2-1-7(6-17)3-10(12)16/h1-5H,18H2. The van der Waals surface area contributed by atoms with Crippen molar-refractivity contribution in [3.63, 3.8) is 0 Å². The maximum Gasteiger partial charge on any atom is 0.167 e. The molecule has 0 aliphatic rings. The lowest BCUT2D eigenvalue weighted by molar-refractivity contribution is 0.440. The summed E-state index contributed by atoms with van der Waals surface area (Å²) in [5, 5.41) is 8.46.